The van der Waals surface area contributed by atoms with Crippen molar-refractivity contribution in [3.63, 3.8) is 0 Å². The Labute approximate surface area is 141 Å². The van der Waals surface area contributed by atoms with Gasteiger partial charge in [0, 0.05) is 23.6 Å². The Morgan fingerprint density at radius 2 is 2.09 bits per heavy atom. The molecule has 0 radical (unpaired) electrons. The predicted molar refractivity (Wildman–Crippen MR) is 91.2 cm³/mol. The number of aryl methyl sites for hydroxylation is 1. The highest BCUT2D eigenvalue weighted by molar-refractivity contribution is 7.66. The predicted octanol–water partition coefficient (Wildman–Crippen LogP) is 4.02. The van der Waals surface area contributed by atoms with Crippen molar-refractivity contribution in [2.45, 2.75) is 26.2 Å². The third kappa shape index (κ3) is 3.39. The number of carbonyl (C=O) groups is 1. The van der Waals surface area contributed by atoms with Crippen molar-refractivity contribution in [1.82, 2.24) is 9.27 Å². The summed E-state index contributed by atoms with van der Waals surface area (Å²) in [5, 5.41) is 0.395. The number of hydrogen-bond donors (Lipinski definition) is 0. The molecule has 1 aliphatic rings. The molecule has 116 valence electrons. The number of aromatic nitrogens is 1. The van der Waals surface area contributed by atoms with Crippen LogP contribution in [0.25, 0.3) is 0 Å². The van der Waals surface area contributed by atoms with E-state index in [1.54, 1.807) is 0 Å². The van der Waals surface area contributed by atoms with Gasteiger partial charge in [-0.2, -0.15) is 4.37 Å². The van der Waals surface area contributed by atoms with Crippen LogP contribution in [0.4, 0.5) is 5.69 Å². The van der Waals surface area contributed by atoms with E-state index in [2.05, 4.69) is 9.37 Å². The molecule has 1 aliphatic heterocycles. The summed E-state index contributed by atoms with van der Waals surface area (Å²) in [7, 11) is 2.71. The zero-order valence-corrected chi connectivity index (χ0v) is 14.6. The molecule has 7 heteroatoms. The summed E-state index contributed by atoms with van der Waals surface area (Å²) >= 11 is 6.02. The van der Waals surface area contributed by atoms with Gasteiger partial charge in [0.1, 0.15) is 0 Å². The summed E-state index contributed by atoms with van der Waals surface area (Å²) < 4.78 is 4.69. The summed E-state index contributed by atoms with van der Waals surface area (Å²) in [6.07, 6.45) is 3.35. The van der Waals surface area contributed by atoms with Gasteiger partial charge < -0.3 is 4.90 Å². The molecule has 1 fully saturated rings. The van der Waals surface area contributed by atoms with Crippen LogP contribution in [0.5, 0.6) is 0 Å². The monoisotopic (exact) mass is 353 g/mol. The van der Waals surface area contributed by atoms with E-state index in [0.29, 0.717) is 21.1 Å². The van der Waals surface area contributed by atoms with Crippen molar-refractivity contribution in [2.75, 3.05) is 13.1 Å². The number of likely N-dealkylation sites (tertiary alicyclic amines) is 1. The molecule has 1 aromatic heterocycles. The molecule has 0 spiro atoms. The number of carbonyl (C=O) groups excluding carboxylic acids is 1. The van der Waals surface area contributed by atoms with Gasteiger partial charge in [-0.05, 0) is 48.7 Å². The van der Waals surface area contributed by atoms with E-state index in [9.17, 15) is 4.79 Å². The lowest BCUT2D eigenvalue weighted by molar-refractivity contribution is 0.0725. The Morgan fingerprint density at radius 3 is 2.77 bits per heavy atom. The molecule has 0 N–H and O–H groups in total. The number of rotatable bonds is 2. The SMILES string of the molecule is Cc1ccc(N=c2ssnc2Cl)c(C(=O)N2CCCCC2)c1. The Kier molecular flexibility index (Phi) is 4.90. The van der Waals surface area contributed by atoms with E-state index in [0.717, 1.165) is 31.5 Å². The molecule has 0 bridgehead atoms. The normalized spacial score (nSPS) is 16.1. The third-order valence-corrected chi connectivity index (χ3v) is 5.83. The first kappa shape index (κ1) is 15.6. The Morgan fingerprint density at radius 1 is 1.32 bits per heavy atom. The summed E-state index contributed by atoms with van der Waals surface area (Å²) in [4.78, 5) is 19.3. The van der Waals surface area contributed by atoms with Gasteiger partial charge in [0.15, 0.2) is 9.82 Å². The van der Waals surface area contributed by atoms with Crippen LogP contribution in [0.3, 0.4) is 0 Å². The van der Waals surface area contributed by atoms with Crippen molar-refractivity contribution in [1.29, 1.82) is 0 Å². The minimum atomic E-state index is 0.0615. The van der Waals surface area contributed by atoms with Crippen LogP contribution in [0.2, 0.25) is 5.15 Å². The molecule has 2 aromatic rings. The molecule has 0 saturated carbocycles. The smallest absolute Gasteiger partial charge is 0.256 e. The van der Waals surface area contributed by atoms with E-state index < -0.39 is 0 Å². The first-order valence-corrected chi connectivity index (χ1v) is 9.70. The van der Waals surface area contributed by atoms with Crippen molar-refractivity contribution in [2.24, 2.45) is 4.99 Å². The molecule has 4 nitrogen and oxygen atoms in total. The number of nitrogens with zero attached hydrogens (tertiary/aromatic N) is 3. The van der Waals surface area contributed by atoms with Crippen molar-refractivity contribution in [3.05, 3.63) is 39.2 Å². The second-order valence-electron chi connectivity index (χ2n) is 5.33. The highest BCUT2D eigenvalue weighted by Gasteiger charge is 2.21. The topological polar surface area (TPSA) is 45.6 Å². The van der Waals surface area contributed by atoms with Crippen LogP contribution in [0.15, 0.2) is 23.2 Å². The van der Waals surface area contributed by atoms with Gasteiger partial charge in [0.25, 0.3) is 5.91 Å². The molecule has 0 aliphatic carbocycles. The fourth-order valence-electron chi connectivity index (χ4n) is 2.52. The molecule has 1 saturated heterocycles. The second kappa shape index (κ2) is 6.89. The first-order chi connectivity index (χ1) is 10.6. The lowest BCUT2D eigenvalue weighted by Crippen LogP contribution is -2.35. The van der Waals surface area contributed by atoms with Crippen LogP contribution >= 0.6 is 32.5 Å². The Balaban J connectivity index is 2.01. The molecule has 0 unspecified atom stereocenters. The van der Waals surface area contributed by atoms with Gasteiger partial charge in [0.05, 0.1) is 11.3 Å². The molecule has 1 aromatic carbocycles. The highest BCUT2D eigenvalue weighted by atomic mass is 35.5. The minimum Gasteiger partial charge on any atom is -0.339 e. The number of piperidine rings is 1. The van der Waals surface area contributed by atoms with Crippen molar-refractivity contribution in [3.8, 4) is 0 Å². The van der Waals surface area contributed by atoms with E-state index in [1.807, 2.05) is 30.0 Å². The van der Waals surface area contributed by atoms with E-state index in [1.165, 1.54) is 27.3 Å². The van der Waals surface area contributed by atoms with Crippen LogP contribution < -0.4 is 4.67 Å². The fourth-order valence-corrected chi connectivity index (χ4v) is 4.51. The minimum absolute atomic E-state index is 0.0615. The van der Waals surface area contributed by atoms with E-state index in [4.69, 9.17) is 11.6 Å². The van der Waals surface area contributed by atoms with Gasteiger partial charge in [-0.1, -0.05) is 23.2 Å². The third-order valence-electron chi connectivity index (χ3n) is 3.66. The quantitative estimate of drug-likeness (QED) is 0.765. The van der Waals surface area contributed by atoms with Crippen LogP contribution in [0.1, 0.15) is 35.2 Å². The van der Waals surface area contributed by atoms with E-state index in [-0.39, 0.29) is 5.91 Å². The summed E-state index contributed by atoms with van der Waals surface area (Å²) in [5.41, 5.74) is 2.37. The number of hydrogen-bond acceptors (Lipinski definition) is 5. The van der Waals surface area contributed by atoms with Crippen LogP contribution in [-0.4, -0.2) is 28.3 Å². The summed E-state index contributed by atoms with van der Waals surface area (Å²) in [5.74, 6) is 0.0615. The van der Waals surface area contributed by atoms with Gasteiger partial charge in [-0.25, -0.2) is 4.99 Å². The molecule has 3 rings (SSSR count). The standard InChI is InChI=1S/C15H16ClN3OS2/c1-10-5-6-12(17-14-13(16)18-22-21-14)11(9-10)15(20)19-7-3-2-4-8-19/h5-6,9H,2-4,7-8H2,1H3. The lowest BCUT2D eigenvalue weighted by atomic mass is 10.1. The van der Waals surface area contributed by atoms with Crippen LogP contribution in [-0.2, 0) is 0 Å². The molecule has 0 atom stereocenters. The Hall–Kier alpha value is -1.24. The van der Waals surface area contributed by atoms with Gasteiger partial charge in [-0.3, -0.25) is 4.79 Å². The zero-order chi connectivity index (χ0) is 15.5. The van der Waals surface area contributed by atoms with Gasteiger partial charge in [-0.15, -0.1) is 0 Å². The average molecular weight is 354 g/mol. The van der Waals surface area contributed by atoms with Gasteiger partial charge in [0.2, 0.25) is 0 Å². The summed E-state index contributed by atoms with van der Waals surface area (Å²) in [6, 6.07) is 5.76. The van der Waals surface area contributed by atoms with Crippen molar-refractivity contribution < 1.29 is 4.79 Å². The maximum atomic E-state index is 12.8. The van der Waals surface area contributed by atoms with Crippen LogP contribution in [0, 0.1) is 6.92 Å². The fraction of sp³-hybridized carbons (Fsp3) is 0.400. The highest BCUT2D eigenvalue weighted by Crippen LogP contribution is 2.24. The zero-order valence-electron chi connectivity index (χ0n) is 12.2. The average Bonchev–Trinajstić information content (AvgIpc) is 2.94. The van der Waals surface area contributed by atoms with Crippen molar-refractivity contribution >= 4 is 44.1 Å². The molecule has 2 heterocycles. The Bertz CT molecular complexity index is 747. The van der Waals surface area contributed by atoms with Gasteiger partial charge >= 0.3 is 0 Å². The number of halogens is 1. The molecule has 22 heavy (non-hydrogen) atoms. The first-order valence-electron chi connectivity index (χ1n) is 7.21. The number of amides is 1. The largest absolute Gasteiger partial charge is 0.339 e. The lowest BCUT2D eigenvalue weighted by Gasteiger charge is -2.27. The second-order valence-corrected chi connectivity index (χ2v) is 7.52. The summed E-state index contributed by atoms with van der Waals surface area (Å²) in [6.45, 7) is 3.64. The molecular formula is C15H16ClN3OS2. The maximum Gasteiger partial charge on any atom is 0.256 e. The maximum absolute atomic E-state index is 12.8. The molecule has 1 amide bonds. The molecular weight excluding hydrogens is 338 g/mol. The number of benzene rings is 1. The van der Waals surface area contributed by atoms with E-state index >= 15 is 0 Å².